The Morgan fingerprint density at radius 3 is 2.36 bits per heavy atom. The first-order valence-electron chi connectivity index (χ1n) is 7.98. The SMILES string of the molecule is CCOC(=O)c1sc(NS(=O)(=O)c2ccc(OC(C)C)cc2)nc1C(F)(F)F. The molecule has 2 aromatic rings. The molecule has 1 heterocycles. The number of hydrogen-bond donors (Lipinski definition) is 1. The van der Waals surface area contributed by atoms with Crippen LogP contribution in [0.3, 0.4) is 0 Å². The maximum atomic E-state index is 13.1. The lowest BCUT2D eigenvalue weighted by Crippen LogP contribution is -2.15. The second kappa shape index (κ2) is 8.35. The maximum absolute atomic E-state index is 13.1. The zero-order valence-corrected chi connectivity index (χ0v) is 16.7. The molecule has 0 aliphatic rings. The van der Waals surface area contributed by atoms with Gasteiger partial charge in [-0.25, -0.2) is 18.2 Å². The van der Waals surface area contributed by atoms with Crippen LogP contribution in [0.4, 0.5) is 18.3 Å². The molecule has 1 N–H and O–H groups in total. The minimum Gasteiger partial charge on any atom is -0.491 e. The number of esters is 1. The molecule has 12 heteroatoms. The van der Waals surface area contributed by atoms with E-state index in [2.05, 4.69) is 9.72 Å². The third kappa shape index (κ3) is 5.35. The van der Waals surface area contributed by atoms with Gasteiger partial charge in [-0.15, -0.1) is 0 Å². The number of thiazole rings is 1. The zero-order valence-electron chi connectivity index (χ0n) is 15.0. The average Bonchev–Trinajstić information content (AvgIpc) is 2.98. The molecule has 0 aliphatic heterocycles. The zero-order chi connectivity index (χ0) is 21.1. The van der Waals surface area contributed by atoms with E-state index in [4.69, 9.17) is 4.74 Å². The van der Waals surface area contributed by atoms with Gasteiger partial charge in [0, 0.05) is 0 Å². The lowest BCUT2D eigenvalue weighted by atomic mass is 10.3. The minimum atomic E-state index is -4.95. The fourth-order valence-corrected chi connectivity index (χ4v) is 4.15. The lowest BCUT2D eigenvalue weighted by molar-refractivity contribution is -0.141. The van der Waals surface area contributed by atoms with Gasteiger partial charge in [0.15, 0.2) is 10.8 Å². The van der Waals surface area contributed by atoms with Gasteiger partial charge in [0.25, 0.3) is 10.0 Å². The van der Waals surface area contributed by atoms with Crippen molar-refractivity contribution in [3.63, 3.8) is 0 Å². The van der Waals surface area contributed by atoms with Crippen LogP contribution < -0.4 is 9.46 Å². The highest BCUT2D eigenvalue weighted by molar-refractivity contribution is 7.93. The third-order valence-electron chi connectivity index (χ3n) is 3.08. The number of alkyl halides is 3. The van der Waals surface area contributed by atoms with Gasteiger partial charge in [-0.3, -0.25) is 4.72 Å². The van der Waals surface area contributed by atoms with E-state index in [-0.39, 0.29) is 28.9 Å². The van der Waals surface area contributed by atoms with Gasteiger partial charge in [-0.05, 0) is 45.0 Å². The number of benzene rings is 1. The number of halogens is 3. The van der Waals surface area contributed by atoms with E-state index in [1.54, 1.807) is 13.8 Å². The fourth-order valence-electron chi connectivity index (χ4n) is 2.03. The number of carbonyl (C=O) groups excluding carboxylic acids is 1. The Labute approximate surface area is 163 Å². The van der Waals surface area contributed by atoms with E-state index in [0.717, 1.165) is 0 Å². The summed E-state index contributed by atoms with van der Waals surface area (Å²) < 4.78 is 76.1. The van der Waals surface area contributed by atoms with Crippen LogP contribution in [0.15, 0.2) is 29.2 Å². The average molecular weight is 438 g/mol. The second-order valence-electron chi connectivity index (χ2n) is 5.66. The largest absolute Gasteiger partial charge is 0.491 e. The maximum Gasteiger partial charge on any atom is 0.435 e. The topological polar surface area (TPSA) is 94.6 Å². The summed E-state index contributed by atoms with van der Waals surface area (Å²) in [7, 11) is -4.22. The Morgan fingerprint density at radius 2 is 1.86 bits per heavy atom. The number of ether oxygens (including phenoxy) is 2. The van der Waals surface area contributed by atoms with E-state index in [9.17, 15) is 26.4 Å². The number of hydrogen-bond acceptors (Lipinski definition) is 7. The van der Waals surface area contributed by atoms with Gasteiger partial charge < -0.3 is 9.47 Å². The van der Waals surface area contributed by atoms with Crippen molar-refractivity contribution in [1.29, 1.82) is 0 Å². The molecule has 28 heavy (non-hydrogen) atoms. The predicted molar refractivity (Wildman–Crippen MR) is 96.1 cm³/mol. The fraction of sp³-hybridized carbons (Fsp3) is 0.375. The quantitative estimate of drug-likeness (QED) is 0.659. The number of aromatic nitrogens is 1. The molecule has 0 saturated heterocycles. The van der Waals surface area contributed by atoms with Gasteiger partial charge in [0.05, 0.1) is 17.6 Å². The first kappa shape index (κ1) is 22.0. The third-order valence-corrected chi connectivity index (χ3v) is 5.52. The highest BCUT2D eigenvalue weighted by atomic mass is 32.2. The second-order valence-corrected chi connectivity index (χ2v) is 8.34. The standard InChI is InChI=1S/C16H17F3N2O5S2/c1-4-25-14(22)12-13(16(17,18)19)20-15(27-12)21-28(23,24)11-7-5-10(6-8-11)26-9(2)3/h5-9H,4H2,1-3H3,(H,20,21). The van der Waals surface area contributed by atoms with Crippen molar-refractivity contribution in [2.75, 3.05) is 11.3 Å². The van der Waals surface area contributed by atoms with Crippen molar-refractivity contribution in [2.24, 2.45) is 0 Å². The van der Waals surface area contributed by atoms with Gasteiger partial charge in [-0.1, -0.05) is 11.3 Å². The van der Waals surface area contributed by atoms with Crippen LogP contribution in [0, 0.1) is 0 Å². The first-order valence-corrected chi connectivity index (χ1v) is 10.3. The molecule has 2 rings (SSSR count). The van der Waals surface area contributed by atoms with Crippen LogP contribution >= 0.6 is 11.3 Å². The number of anilines is 1. The molecule has 0 atom stereocenters. The van der Waals surface area contributed by atoms with E-state index < -0.39 is 37.9 Å². The Hall–Kier alpha value is -2.34. The summed E-state index contributed by atoms with van der Waals surface area (Å²) in [5, 5.41) is -0.599. The van der Waals surface area contributed by atoms with Crippen molar-refractivity contribution in [1.82, 2.24) is 4.98 Å². The van der Waals surface area contributed by atoms with Gasteiger partial charge in [0.2, 0.25) is 0 Å². The monoisotopic (exact) mass is 438 g/mol. The van der Waals surface area contributed by atoms with Gasteiger partial charge in [-0.2, -0.15) is 13.2 Å². The van der Waals surface area contributed by atoms with E-state index in [1.165, 1.54) is 31.2 Å². The molecule has 0 radical (unpaired) electrons. The molecule has 0 spiro atoms. The first-order chi connectivity index (χ1) is 12.9. The summed E-state index contributed by atoms with van der Waals surface area (Å²) in [6, 6.07) is 5.32. The highest BCUT2D eigenvalue weighted by Gasteiger charge is 2.40. The highest BCUT2D eigenvalue weighted by Crippen LogP contribution is 2.37. The van der Waals surface area contributed by atoms with Crippen LogP contribution in [0.1, 0.15) is 36.1 Å². The summed E-state index contributed by atoms with van der Waals surface area (Å²) >= 11 is 0.247. The van der Waals surface area contributed by atoms with Crippen molar-refractivity contribution in [3.8, 4) is 5.75 Å². The molecule has 0 amide bonds. The Morgan fingerprint density at radius 1 is 1.25 bits per heavy atom. The number of carbonyl (C=O) groups is 1. The molecular formula is C16H17F3N2O5S2. The van der Waals surface area contributed by atoms with Crippen molar-refractivity contribution in [2.45, 2.75) is 37.9 Å². The van der Waals surface area contributed by atoms with Crippen LogP contribution in [0.2, 0.25) is 0 Å². The van der Waals surface area contributed by atoms with Gasteiger partial charge in [0.1, 0.15) is 10.6 Å². The van der Waals surface area contributed by atoms with Crippen molar-refractivity contribution in [3.05, 3.63) is 34.8 Å². The number of nitrogens with zero attached hydrogens (tertiary/aromatic N) is 1. The summed E-state index contributed by atoms with van der Waals surface area (Å²) in [6.45, 7) is 4.89. The number of nitrogens with one attached hydrogen (secondary N) is 1. The Kier molecular flexibility index (Phi) is 6.55. The summed E-state index contributed by atoms with van der Waals surface area (Å²) in [6.07, 6.45) is -5.06. The smallest absolute Gasteiger partial charge is 0.435 e. The lowest BCUT2D eigenvalue weighted by Gasteiger charge is -2.10. The Bertz CT molecular complexity index is 938. The van der Waals surface area contributed by atoms with Crippen molar-refractivity contribution >= 4 is 32.5 Å². The van der Waals surface area contributed by atoms with Crippen molar-refractivity contribution < 1.29 is 35.9 Å². The van der Waals surface area contributed by atoms with E-state index in [0.29, 0.717) is 5.75 Å². The van der Waals surface area contributed by atoms with E-state index in [1.807, 2.05) is 4.72 Å². The molecule has 0 fully saturated rings. The molecule has 0 bridgehead atoms. The summed E-state index contributed by atoms with van der Waals surface area (Å²) in [5.74, 6) is -0.792. The number of rotatable bonds is 7. The van der Waals surface area contributed by atoms with Crippen LogP contribution in [-0.4, -0.2) is 32.1 Å². The van der Waals surface area contributed by atoms with E-state index >= 15 is 0 Å². The normalized spacial score (nSPS) is 12.1. The number of sulfonamides is 1. The molecule has 154 valence electrons. The molecular weight excluding hydrogens is 421 g/mol. The predicted octanol–water partition coefficient (Wildman–Crippen LogP) is 3.93. The summed E-state index contributed by atoms with van der Waals surface area (Å²) in [4.78, 5) is 13.9. The summed E-state index contributed by atoms with van der Waals surface area (Å²) in [5.41, 5.74) is -1.51. The molecule has 1 aromatic heterocycles. The Balaban J connectivity index is 2.32. The van der Waals surface area contributed by atoms with Crippen LogP contribution in [-0.2, 0) is 20.9 Å². The molecule has 0 saturated carbocycles. The molecule has 0 unspecified atom stereocenters. The molecule has 0 aliphatic carbocycles. The minimum absolute atomic E-state index is 0.113. The van der Waals surface area contributed by atoms with Gasteiger partial charge >= 0.3 is 12.1 Å². The molecule has 1 aromatic carbocycles. The van der Waals surface area contributed by atoms with Crippen LogP contribution in [0.25, 0.3) is 0 Å². The molecule has 7 nitrogen and oxygen atoms in total. The van der Waals surface area contributed by atoms with Crippen LogP contribution in [0.5, 0.6) is 5.75 Å².